The molecule has 2 aliphatic heterocycles. The molecule has 46 heavy (non-hydrogen) atoms. The molecule has 2 aromatic carbocycles. The van der Waals surface area contributed by atoms with Gasteiger partial charge in [-0.25, -0.2) is 0 Å². The number of nitro benzene ring substituents is 1. The molecule has 4 rings (SSSR count). The zero-order valence-electron chi connectivity index (χ0n) is 26.9. The first kappa shape index (κ1) is 37.9. The van der Waals surface area contributed by atoms with Crippen LogP contribution >= 0.6 is 0 Å². The van der Waals surface area contributed by atoms with Crippen molar-refractivity contribution in [2.75, 3.05) is 71.5 Å². The van der Waals surface area contributed by atoms with Gasteiger partial charge in [0.05, 0.1) is 25.7 Å². The summed E-state index contributed by atoms with van der Waals surface area (Å²) in [6.45, 7) is 11.0. The number of carbonyl (C=O) groups excluding carboxylic acids is 1. The van der Waals surface area contributed by atoms with E-state index in [4.69, 9.17) is 28.8 Å². The lowest BCUT2D eigenvalue weighted by atomic mass is 10.1. The lowest BCUT2D eigenvalue weighted by Gasteiger charge is -2.37. The number of piperazine rings is 1. The van der Waals surface area contributed by atoms with Gasteiger partial charge in [-0.05, 0) is 24.1 Å². The number of anilines is 1. The van der Waals surface area contributed by atoms with Crippen molar-refractivity contribution >= 4 is 23.3 Å². The van der Waals surface area contributed by atoms with E-state index in [1.165, 1.54) is 6.07 Å². The Morgan fingerprint density at radius 3 is 2.15 bits per heavy atom. The molecule has 1 amide bonds. The van der Waals surface area contributed by atoms with Gasteiger partial charge in [-0.3, -0.25) is 24.6 Å². The van der Waals surface area contributed by atoms with E-state index in [1.807, 2.05) is 30.9 Å². The molecule has 13 nitrogen and oxygen atoms in total. The molecule has 0 spiro atoms. The molecular weight excluding hydrogens is 596 g/mol. The number of hydrogen-bond donors (Lipinski definition) is 1. The zero-order valence-corrected chi connectivity index (χ0v) is 26.9. The van der Waals surface area contributed by atoms with Crippen molar-refractivity contribution in [3.05, 3.63) is 46.5 Å². The van der Waals surface area contributed by atoms with Crippen molar-refractivity contribution in [1.82, 2.24) is 9.80 Å². The van der Waals surface area contributed by atoms with Crippen molar-refractivity contribution in [3.63, 3.8) is 0 Å². The van der Waals surface area contributed by atoms with Gasteiger partial charge >= 0.3 is 5.69 Å². The number of carboxylic acid groups (broad SMARTS) is 1. The lowest BCUT2D eigenvalue weighted by Crippen LogP contribution is -2.48. The van der Waals surface area contributed by atoms with Crippen LogP contribution in [-0.2, 0) is 9.59 Å². The normalized spacial score (nSPS) is 15.3. The maximum atomic E-state index is 12.9. The quantitative estimate of drug-likeness (QED) is 0.247. The number of nitro groups is 1. The number of amides is 1. The second-order valence-corrected chi connectivity index (χ2v) is 11.4. The molecule has 0 bridgehead atoms. The fourth-order valence-electron chi connectivity index (χ4n) is 5.17. The molecule has 2 aromatic rings. The molecule has 13 heteroatoms. The predicted molar refractivity (Wildman–Crippen MR) is 177 cm³/mol. The average molecular weight is 647 g/mol. The fraction of sp³-hybridized carbons (Fsp3) is 0.576. The van der Waals surface area contributed by atoms with Gasteiger partial charge in [0.25, 0.3) is 5.97 Å². The summed E-state index contributed by atoms with van der Waals surface area (Å²) in [4.78, 5) is 39.5. The Kier molecular flexibility index (Phi) is 15.4. The minimum Gasteiger partial charge on any atom is -0.493 e. The number of aliphatic carboxylic acids is 1. The van der Waals surface area contributed by atoms with Crippen molar-refractivity contribution in [2.45, 2.75) is 53.6 Å². The van der Waals surface area contributed by atoms with Crippen molar-refractivity contribution in [3.8, 4) is 23.0 Å². The highest BCUT2D eigenvalue weighted by molar-refractivity contribution is 5.76. The first-order valence-corrected chi connectivity index (χ1v) is 15.2. The molecule has 1 N–H and O–H groups in total. The van der Waals surface area contributed by atoms with E-state index in [1.54, 1.807) is 26.4 Å². The molecule has 256 valence electrons. The highest BCUT2D eigenvalue weighted by Crippen LogP contribution is 2.33. The molecule has 2 saturated heterocycles. The molecule has 2 heterocycles. The monoisotopic (exact) mass is 646 g/mol. The van der Waals surface area contributed by atoms with Gasteiger partial charge in [0.1, 0.15) is 11.9 Å². The summed E-state index contributed by atoms with van der Waals surface area (Å²) in [5.41, 5.74) is 1.04. The van der Waals surface area contributed by atoms with Gasteiger partial charge in [-0.2, -0.15) is 0 Å². The van der Waals surface area contributed by atoms with E-state index in [2.05, 4.69) is 15.9 Å². The Hall–Kier alpha value is -4.26. The van der Waals surface area contributed by atoms with E-state index in [-0.39, 0.29) is 36.8 Å². The lowest BCUT2D eigenvalue weighted by molar-refractivity contribution is -0.385. The van der Waals surface area contributed by atoms with Gasteiger partial charge in [-0.15, -0.1) is 0 Å². The SMILES string of the molecule is C.CC(=O)O.COc1ccc(N2CCN(CCC(=O)N3CCC(Oc4ccc([N+](=O)[O-])c(OCC(C)C)c4)CC3)CC2)cc1OC. The second kappa shape index (κ2) is 18.6. The summed E-state index contributed by atoms with van der Waals surface area (Å²) in [6.07, 6.45) is 1.88. The molecule has 0 atom stereocenters. The summed E-state index contributed by atoms with van der Waals surface area (Å²) >= 11 is 0. The maximum absolute atomic E-state index is 12.9. The topological polar surface area (TPSA) is 144 Å². The summed E-state index contributed by atoms with van der Waals surface area (Å²) < 4.78 is 22.6. The Bertz CT molecular complexity index is 1270. The number of piperidine rings is 1. The van der Waals surface area contributed by atoms with Crippen molar-refractivity contribution < 1.29 is 38.6 Å². The van der Waals surface area contributed by atoms with Gasteiger partial charge in [0, 0.05) is 95.9 Å². The Labute approximate surface area is 272 Å². The number of ether oxygens (including phenoxy) is 4. The van der Waals surface area contributed by atoms with Crippen LogP contribution in [-0.4, -0.2) is 104 Å². The predicted octanol–water partition coefficient (Wildman–Crippen LogP) is 4.96. The van der Waals surface area contributed by atoms with Crippen LogP contribution in [0.1, 0.15) is 47.5 Å². The van der Waals surface area contributed by atoms with Gasteiger partial charge in [-0.1, -0.05) is 21.3 Å². The maximum Gasteiger partial charge on any atom is 0.311 e. The average Bonchev–Trinajstić information content (AvgIpc) is 3.02. The van der Waals surface area contributed by atoms with Crippen LogP contribution < -0.4 is 23.8 Å². The first-order valence-electron chi connectivity index (χ1n) is 15.2. The number of nitrogens with zero attached hydrogens (tertiary/aromatic N) is 4. The van der Waals surface area contributed by atoms with E-state index >= 15 is 0 Å². The van der Waals surface area contributed by atoms with Gasteiger partial charge in [0.15, 0.2) is 11.5 Å². The fourth-order valence-corrected chi connectivity index (χ4v) is 5.17. The molecule has 0 radical (unpaired) electrons. The van der Waals surface area contributed by atoms with Gasteiger partial charge < -0.3 is 33.9 Å². The van der Waals surface area contributed by atoms with E-state index < -0.39 is 10.9 Å². The molecule has 0 unspecified atom stereocenters. The van der Waals surface area contributed by atoms with E-state index in [9.17, 15) is 14.9 Å². The highest BCUT2D eigenvalue weighted by Gasteiger charge is 2.26. The van der Waals surface area contributed by atoms with Crippen molar-refractivity contribution in [1.29, 1.82) is 0 Å². The van der Waals surface area contributed by atoms with Crippen LogP contribution in [0.2, 0.25) is 0 Å². The number of carboxylic acids is 1. The smallest absolute Gasteiger partial charge is 0.311 e. The van der Waals surface area contributed by atoms with Crippen molar-refractivity contribution in [2.24, 2.45) is 5.92 Å². The van der Waals surface area contributed by atoms with Crippen LogP contribution in [0.15, 0.2) is 36.4 Å². The molecule has 0 aromatic heterocycles. The third kappa shape index (κ3) is 11.6. The molecule has 0 saturated carbocycles. The van der Waals surface area contributed by atoms with Gasteiger partial charge in [0.2, 0.25) is 11.7 Å². The number of carbonyl (C=O) groups is 2. The largest absolute Gasteiger partial charge is 0.493 e. The number of methoxy groups -OCH3 is 2. The number of hydrogen-bond acceptors (Lipinski definition) is 10. The summed E-state index contributed by atoms with van der Waals surface area (Å²) in [7, 11) is 3.28. The molecular formula is C33H50N4O9. The minimum absolute atomic E-state index is 0. The van der Waals surface area contributed by atoms with Crippen LogP contribution in [0.25, 0.3) is 0 Å². The third-order valence-corrected chi connectivity index (χ3v) is 7.54. The summed E-state index contributed by atoms with van der Waals surface area (Å²) in [5.74, 6) is 1.79. The van der Waals surface area contributed by atoms with Crippen LogP contribution in [0.5, 0.6) is 23.0 Å². The molecule has 0 aliphatic carbocycles. The van der Waals surface area contributed by atoms with E-state index in [0.717, 1.165) is 69.7 Å². The van der Waals surface area contributed by atoms with Crippen LogP contribution in [0, 0.1) is 16.0 Å². The number of benzene rings is 2. The Morgan fingerprint density at radius 2 is 1.59 bits per heavy atom. The van der Waals surface area contributed by atoms with Crippen LogP contribution in [0.4, 0.5) is 11.4 Å². The zero-order chi connectivity index (χ0) is 32.9. The van der Waals surface area contributed by atoms with Crippen LogP contribution in [0.3, 0.4) is 0 Å². The second-order valence-electron chi connectivity index (χ2n) is 11.4. The summed E-state index contributed by atoms with van der Waals surface area (Å²) in [6, 6.07) is 10.6. The molecule has 2 aliphatic rings. The minimum atomic E-state index is -0.833. The third-order valence-electron chi connectivity index (χ3n) is 7.54. The number of rotatable bonds is 12. The highest BCUT2D eigenvalue weighted by atomic mass is 16.6. The first-order chi connectivity index (χ1) is 21.5. The molecule has 2 fully saturated rings. The number of likely N-dealkylation sites (tertiary alicyclic amines) is 1. The van der Waals surface area contributed by atoms with E-state index in [0.29, 0.717) is 31.9 Å². The summed E-state index contributed by atoms with van der Waals surface area (Å²) in [5, 5.41) is 18.8. The standard InChI is InChI=1S/C30H42N4O7.C2H4O2.CH4/c1-22(2)21-40-28-20-25(6-7-26(28)34(36)37)41-24-9-13-33(14-10-24)30(35)11-12-31-15-17-32(18-16-31)23-5-8-27(38-3)29(19-23)39-4;1-2(3)4;/h5-8,19-20,22,24H,9-18,21H2,1-4H3;1H3,(H,3,4);1H4. The Balaban J connectivity index is 0.00000139. The Morgan fingerprint density at radius 1 is 0.957 bits per heavy atom.